The number of carbonyl (C=O) groups excluding carboxylic acids is 1. The minimum absolute atomic E-state index is 0.0214. The number of anilines is 1. The summed E-state index contributed by atoms with van der Waals surface area (Å²) in [5.74, 6) is -0.0214. The summed E-state index contributed by atoms with van der Waals surface area (Å²) in [6, 6.07) is 11.8. The van der Waals surface area contributed by atoms with Crippen LogP contribution in [-0.2, 0) is 6.18 Å². The number of para-hydroxylation sites is 1. The molecule has 4 rings (SSSR count). The zero-order valence-electron chi connectivity index (χ0n) is 14.3. The van der Waals surface area contributed by atoms with Crippen LogP contribution in [0, 0.1) is 0 Å². The highest BCUT2D eigenvalue weighted by atomic mass is 32.1. The highest BCUT2D eigenvalue weighted by Crippen LogP contribution is 2.33. The van der Waals surface area contributed by atoms with E-state index in [9.17, 15) is 18.0 Å². The number of pyridine rings is 1. The number of nitrogens with zero attached hydrogens (tertiary/aromatic N) is 2. The Morgan fingerprint density at radius 1 is 1.04 bits per heavy atom. The number of amides is 1. The number of benzene rings is 1. The van der Waals surface area contributed by atoms with Gasteiger partial charge in [0.1, 0.15) is 0 Å². The second-order valence-electron chi connectivity index (χ2n) is 6.37. The van der Waals surface area contributed by atoms with Gasteiger partial charge >= 0.3 is 6.18 Å². The fourth-order valence-electron chi connectivity index (χ4n) is 3.33. The number of halogens is 3. The van der Waals surface area contributed by atoms with Gasteiger partial charge in [0, 0.05) is 38.3 Å². The first-order valence-electron chi connectivity index (χ1n) is 8.53. The lowest BCUT2D eigenvalue weighted by molar-refractivity contribution is -0.398. The van der Waals surface area contributed by atoms with E-state index in [2.05, 4.69) is 4.98 Å². The Morgan fingerprint density at radius 2 is 1.78 bits per heavy atom. The van der Waals surface area contributed by atoms with Gasteiger partial charge in [-0.05, 0) is 17.5 Å². The predicted molar refractivity (Wildman–Crippen MR) is 97.9 cm³/mol. The Hall–Kier alpha value is -2.61. The van der Waals surface area contributed by atoms with Crippen LogP contribution in [0.25, 0.3) is 10.9 Å². The van der Waals surface area contributed by atoms with E-state index in [1.54, 1.807) is 23.1 Å². The van der Waals surface area contributed by atoms with Crippen LogP contribution in [0.4, 0.5) is 18.9 Å². The molecule has 0 unspecified atom stereocenters. The predicted octanol–water partition coefficient (Wildman–Crippen LogP) is 3.70. The first-order valence-corrected chi connectivity index (χ1v) is 9.41. The highest BCUT2D eigenvalue weighted by molar-refractivity contribution is 7.12. The number of hydrogen-bond acceptors (Lipinski definition) is 3. The maximum absolute atomic E-state index is 13.3. The molecule has 0 spiro atoms. The number of H-pyrrole nitrogens is 1. The summed E-state index contributed by atoms with van der Waals surface area (Å²) in [5.41, 5.74) is 0.215. The number of fused-ring (bicyclic) bond motifs is 1. The van der Waals surface area contributed by atoms with Gasteiger partial charge in [0.25, 0.3) is 11.6 Å². The van der Waals surface area contributed by atoms with Crippen LogP contribution in [0.15, 0.2) is 47.8 Å². The molecule has 0 atom stereocenters. The molecule has 3 aromatic rings. The number of thiophene rings is 1. The molecule has 27 heavy (non-hydrogen) atoms. The van der Waals surface area contributed by atoms with Crippen LogP contribution < -0.4 is 9.88 Å². The van der Waals surface area contributed by atoms with Gasteiger partial charge in [-0.15, -0.1) is 11.3 Å². The van der Waals surface area contributed by atoms with E-state index in [1.165, 1.54) is 17.4 Å². The van der Waals surface area contributed by atoms with Gasteiger partial charge in [-0.25, -0.2) is 4.98 Å². The molecule has 1 N–H and O–H groups in total. The second-order valence-corrected chi connectivity index (χ2v) is 7.32. The molecule has 8 heteroatoms. The Labute approximate surface area is 157 Å². The van der Waals surface area contributed by atoms with Crippen molar-refractivity contribution in [3.8, 4) is 0 Å². The van der Waals surface area contributed by atoms with Crippen molar-refractivity contribution in [2.75, 3.05) is 31.1 Å². The van der Waals surface area contributed by atoms with Crippen molar-refractivity contribution in [3.05, 3.63) is 58.4 Å². The average Bonchev–Trinajstić information content (AvgIpc) is 3.21. The quantitative estimate of drug-likeness (QED) is 0.667. The lowest BCUT2D eigenvalue weighted by Crippen LogP contribution is -2.48. The van der Waals surface area contributed by atoms with Crippen molar-refractivity contribution < 1.29 is 22.9 Å². The largest absolute Gasteiger partial charge is 0.477 e. The molecule has 1 aliphatic heterocycles. The van der Waals surface area contributed by atoms with Gasteiger partial charge < -0.3 is 9.80 Å². The fourth-order valence-corrected chi connectivity index (χ4v) is 4.02. The molecule has 0 saturated carbocycles. The van der Waals surface area contributed by atoms with Crippen LogP contribution >= 0.6 is 11.3 Å². The lowest BCUT2D eigenvalue weighted by atomic mass is 10.1. The minimum Gasteiger partial charge on any atom is -0.367 e. The molecule has 1 aromatic carbocycles. The average molecular weight is 392 g/mol. The molecule has 0 radical (unpaired) electrons. The number of rotatable bonds is 2. The fraction of sp³-hybridized carbons (Fsp3) is 0.263. The van der Waals surface area contributed by atoms with Gasteiger partial charge in [-0.1, -0.05) is 18.2 Å². The normalized spacial score (nSPS) is 15.4. The van der Waals surface area contributed by atoms with Crippen molar-refractivity contribution in [1.29, 1.82) is 0 Å². The Kier molecular flexibility index (Phi) is 4.51. The van der Waals surface area contributed by atoms with E-state index in [1.807, 2.05) is 28.5 Å². The van der Waals surface area contributed by atoms with Crippen LogP contribution in [0.1, 0.15) is 15.4 Å². The van der Waals surface area contributed by atoms with E-state index < -0.39 is 11.9 Å². The zero-order valence-corrected chi connectivity index (χ0v) is 15.1. The maximum atomic E-state index is 13.3. The Morgan fingerprint density at radius 3 is 2.44 bits per heavy atom. The van der Waals surface area contributed by atoms with Crippen LogP contribution in [0.3, 0.4) is 0 Å². The SMILES string of the molecule is O=C(c1cccs1)N1CCN(c2cc(C(F)(F)F)[nH+]c3ccccc23)CC1. The van der Waals surface area contributed by atoms with E-state index in [0.29, 0.717) is 42.3 Å². The maximum Gasteiger partial charge on any atom is 0.477 e. The van der Waals surface area contributed by atoms with Gasteiger partial charge in [0.15, 0.2) is 0 Å². The first-order chi connectivity index (χ1) is 12.9. The van der Waals surface area contributed by atoms with E-state index in [0.717, 1.165) is 5.39 Å². The second kappa shape index (κ2) is 6.84. The number of carbonyl (C=O) groups is 1. The van der Waals surface area contributed by atoms with Gasteiger partial charge in [0.05, 0.1) is 16.0 Å². The third-order valence-corrected chi connectivity index (χ3v) is 5.56. The lowest BCUT2D eigenvalue weighted by Gasteiger charge is -2.36. The van der Waals surface area contributed by atoms with Gasteiger partial charge in [0.2, 0.25) is 5.52 Å². The molecule has 1 amide bonds. The number of aromatic nitrogens is 1. The molecule has 1 saturated heterocycles. The molecular formula is C19H17F3N3OS+. The summed E-state index contributed by atoms with van der Waals surface area (Å²) in [6.07, 6.45) is -4.45. The summed E-state index contributed by atoms with van der Waals surface area (Å²) < 4.78 is 39.9. The monoisotopic (exact) mass is 392 g/mol. The van der Waals surface area contributed by atoms with Crippen LogP contribution in [0.2, 0.25) is 0 Å². The third kappa shape index (κ3) is 3.49. The summed E-state index contributed by atoms with van der Waals surface area (Å²) >= 11 is 1.39. The number of alkyl halides is 3. The molecule has 1 aliphatic rings. The van der Waals surface area contributed by atoms with Crippen molar-refractivity contribution >= 4 is 33.8 Å². The van der Waals surface area contributed by atoms with Crippen molar-refractivity contribution in [3.63, 3.8) is 0 Å². The minimum atomic E-state index is -4.45. The van der Waals surface area contributed by atoms with E-state index >= 15 is 0 Å². The standard InChI is InChI=1S/C19H16F3N3OS/c20-19(21,22)17-12-15(13-4-1-2-5-14(13)23-17)24-7-9-25(10-8-24)18(26)16-6-3-11-27-16/h1-6,11-12H,7-10H2/p+1. The zero-order chi connectivity index (χ0) is 19.0. The number of hydrogen-bond donors (Lipinski definition) is 0. The molecule has 0 bridgehead atoms. The topological polar surface area (TPSA) is 37.7 Å². The Bertz CT molecular complexity index is 964. The molecule has 4 nitrogen and oxygen atoms in total. The van der Waals surface area contributed by atoms with Crippen molar-refractivity contribution in [2.24, 2.45) is 0 Å². The third-order valence-electron chi connectivity index (χ3n) is 4.70. The van der Waals surface area contributed by atoms with Crippen LogP contribution in [-0.4, -0.2) is 37.0 Å². The first kappa shape index (κ1) is 17.8. The van der Waals surface area contributed by atoms with E-state index in [4.69, 9.17) is 0 Å². The summed E-state index contributed by atoms with van der Waals surface area (Å²) in [7, 11) is 0. The van der Waals surface area contributed by atoms with Crippen LogP contribution in [0.5, 0.6) is 0 Å². The number of aromatic amines is 1. The highest BCUT2D eigenvalue weighted by Gasteiger charge is 2.39. The van der Waals surface area contributed by atoms with Crippen molar-refractivity contribution in [1.82, 2.24) is 4.90 Å². The molecule has 0 aliphatic carbocycles. The summed E-state index contributed by atoms with van der Waals surface area (Å²) in [6.45, 7) is 1.93. The van der Waals surface area contributed by atoms with Gasteiger partial charge in [-0.3, -0.25) is 4.79 Å². The summed E-state index contributed by atoms with van der Waals surface area (Å²) in [4.78, 5) is 19.3. The van der Waals surface area contributed by atoms with E-state index in [-0.39, 0.29) is 5.91 Å². The number of piperazine rings is 1. The van der Waals surface area contributed by atoms with Crippen molar-refractivity contribution in [2.45, 2.75) is 6.18 Å². The summed E-state index contributed by atoms with van der Waals surface area (Å²) in [5, 5.41) is 2.60. The molecule has 1 fully saturated rings. The van der Waals surface area contributed by atoms with Gasteiger partial charge in [-0.2, -0.15) is 13.2 Å². The molecule has 3 heterocycles. The molecule has 140 valence electrons. The molecule has 2 aromatic heterocycles. The smallest absolute Gasteiger partial charge is 0.367 e. The Balaban J connectivity index is 1.61. The number of nitrogens with one attached hydrogen (secondary N) is 1. The molecular weight excluding hydrogens is 375 g/mol.